The zero-order valence-electron chi connectivity index (χ0n) is 16.0. The maximum Gasteiger partial charge on any atom is 0.338 e. The van der Waals surface area contributed by atoms with Crippen molar-refractivity contribution in [2.75, 3.05) is 14.2 Å². The molecule has 4 rings (SSSR count). The van der Waals surface area contributed by atoms with E-state index in [0.29, 0.717) is 26.4 Å². The highest BCUT2D eigenvalue weighted by atomic mass is 32.1. The van der Waals surface area contributed by atoms with E-state index in [1.165, 1.54) is 18.4 Å². The molecule has 0 fully saturated rings. The van der Waals surface area contributed by atoms with Gasteiger partial charge in [0.15, 0.2) is 4.80 Å². The fourth-order valence-corrected chi connectivity index (χ4v) is 5.07. The minimum absolute atomic E-state index is 0.183. The van der Waals surface area contributed by atoms with Gasteiger partial charge in [-0.05, 0) is 42.1 Å². The maximum atomic E-state index is 13.3. The first-order chi connectivity index (χ1) is 14.0. The second-order valence-corrected chi connectivity index (χ2v) is 8.35. The second kappa shape index (κ2) is 7.81. The van der Waals surface area contributed by atoms with Crippen molar-refractivity contribution < 1.29 is 14.3 Å². The second-order valence-electron chi connectivity index (χ2n) is 6.36. The van der Waals surface area contributed by atoms with Gasteiger partial charge in [0, 0.05) is 4.88 Å². The number of aromatic nitrogens is 1. The number of fused-ring (bicyclic) bond motifs is 1. The molecule has 1 atom stereocenters. The molecule has 0 aliphatic carbocycles. The van der Waals surface area contributed by atoms with Crippen molar-refractivity contribution in [1.82, 2.24) is 4.57 Å². The van der Waals surface area contributed by atoms with Gasteiger partial charge in [-0.1, -0.05) is 29.5 Å². The van der Waals surface area contributed by atoms with Crippen LogP contribution in [0.3, 0.4) is 0 Å². The molecule has 0 spiro atoms. The van der Waals surface area contributed by atoms with Crippen molar-refractivity contribution in [3.63, 3.8) is 0 Å². The van der Waals surface area contributed by atoms with Gasteiger partial charge in [0.2, 0.25) is 0 Å². The first-order valence-corrected chi connectivity index (χ1v) is 10.5. The van der Waals surface area contributed by atoms with Gasteiger partial charge in [-0.15, -0.1) is 11.3 Å². The molecule has 1 aliphatic heterocycles. The van der Waals surface area contributed by atoms with E-state index in [1.54, 1.807) is 42.1 Å². The number of hydrogen-bond acceptors (Lipinski definition) is 7. The van der Waals surface area contributed by atoms with E-state index in [0.717, 1.165) is 10.4 Å². The monoisotopic (exact) mass is 426 g/mol. The fourth-order valence-electron chi connectivity index (χ4n) is 3.30. The predicted molar refractivity (Wildman–Crippen MR) is 113 cm³/mol. The Kier molecular flexibility index (Phi) is 5.21. The van der Waals surface area contributed by atoms with Crippen molar-refractivity contribution in [3.05, 3.63) is 83.2 Å². The largest absolute Gasteiger partial charge is 0.497 e. The van der Waals surface area contributed by atoms with Gasteiger partial charge < -0.3 is 9.47 Å². The molecular weight excluding hydrogens is 408 g/mol. The minimum atomic E-state index is -0.616. The third-order valence-corrected chi connectivity index (χ3v) is 6.48. The van der Waals surface area contributed by atoms with Crippen LogP contribution in [0.4, 0.5) is 0 Å². The standard InChI is InChI=1S/C21H18N2O4S2/c1-12-17(20(25)27-3)18(13-6-8-14(26-2)9-7-13)23-19(24)16(29-21(23)22-12)11-15-5-4-10-28-15/h4-11,18H,1-3H3/b16-11+. The van der Waals surface area contributed by atoms with Crippen LogP contribution in [-0.2, 0) is 9.53 Å². The van der Waals surface area contributed by atoms with Gasteiger partial charge in [0.05, 0.1) is 36.1 Å². The quantitative estimate of drug-likeness (QED) is 0.601. The lowest BCUT2D eigenvalue weighted by Crippen LogP contribution is -2.39. The summed E-state index contributed by atoms with van der Waals surface area (Å²) in [6, 6.07) is 10.6. The lowest BCUT2D eigenvalue weighted by atomic mass is 9.96. The molecule has 148 valence electrons. The molecule has 0 amide bonds. The topological polar surface area (TPSA) is 69.9 Å². The average molecular weight is 427 g/mol. The molecule has 1 unspecified atom stereocenters. The molecule has 0 bridgehead atoms. The van der Waals surface area contributed by atoms with Crippen LogP contribution in [0.15, 0.2) is 62.8 Å². The third-order valence-electron chi connectivity index (χ3n) is 4.68. The zero-order valence-corrected chi connectivity index (χ0v) is 17.7. The Balaban J connectivity index is 1.97. The van der Waals surface area contributed by atoms with E-state index >= 15 is 0 Å². The molecule has 3 heterocycles. The fraction of sp³-hybridized carbons (Fsp3) is 0.190. The summed E-state index contributed by atoms with van der Waals surface area (Å²) in [5.74, 6) is 0.193. The van der Waals surface area contributed by atoms with Gasteiger partial charge in [-0.3, -0.25) is 9.36 Å². The SMILES string of the molecule is COC(=O)C1=C(C)N=c2s/c(=C/c3cccs3)c(=O)n2C1c1ccc(OC)cc1. The highest BCUT2D eigenvalue weighted by Crippen LogP contribution is 2.31. The number of rotatable bonds is 4. The van der Waals surface area contributed by atoms with Gasteiger partial charge in [-0.25, -0.2) is 9.79 Å². The summed E-state index contributed by atoms with van der Waals surface area (Å²) in [7, 11) is 2.92. The summed E-state index contributed by atoms with van der Waals surface area (Å²) >= 11 is 2.87. The van der Waals surface area contributed by atoms with E-state index in [2.05, 4.69) is 4.99 Å². The van der Waals surface area contributed by atoms with Crippen LogP contribution in [-0.4, -0.2) is 24.8 Å². The lowest BCUT2D eigenvalue weighted by Gasteiger charge is -2.24. The number of nitrogens with zero attached hydrogens (tertiary/aromatic N) is 2. The first kappa shape index (κ1) is 19.4. The first-order valence-electron chi connectivity index (χ1n) is 8.82. The summed E-state index contributed by atoms with van der Waals surface area (Å²) in [6.45, 7) is 1.76. The molecule has 0 saturated carbocycles. The van der Waals surface area contributed by atoms with E-state index in [1.807, 2.05) is 35.7 Å². The molecule has 0 saturated heterocycles. The van der Waals surface area contributed by atoms with Crippen molar-refractivity contribution >= 4 is 34.7 Å². The summed E-state index contributed by atoms with van der Waals surface area (Å²) in [6.07, 6.45) is 1.86. The molecule has 0 N–H and O–H groups in total. The Morgan fingerprint density at radius 2 is 1.97 bits per heavy atom. The normalized spacial score (nSPS) is 16.4. The number of thiophene rings is 1. The zero-order chi connectivity index (χ0) is 20.5. The van der Waals surface area contributed by atoms with Crippen LogP contribution < -0.4 is 19.6 Å². The van der Waals surface area contributed by atoms with Crippen LogP contribution >= 0.6 is 22.7 Å². The number of benzene rings is 1. The third kappa shape index (κ3) is 3.45. The number of hydrogen-bond donors (Lipinski definition) is 0. The van der Waals surface area contributed by atoms with E-state index < -0.39 is 12.0 Å². The molecule has 1 aliphatic rings. The summed E-state index contributed by atoms with van der Waals surface area (Å²) in [5, 5.41) is 1.96. The number of carbonyl (C=O) groups is 1. The Morgan fingerprint density at radius 1 is 1.21 bits per heavy atom. The van der Waals surface area contributed by atoms with Crippen LogP contribution in [0.2, 0.25) is 0 Å². The van der Waals surface area contributed by atoms with E-state index in [4.69, 9.17) is 9.47 Å². The maximum absolute atomic E-state index is 13.3. The Bertz CT molecular complexity index is 1270. The number of ether oxygens (including phenoxy) is 2. The molecule has 1 aromatic carbocycles. The molecule has 6 nitrogen and oxygen atoms in total. The number of thiazole rings is 1. The predicted octanol–water partition coefficient (Wildman–Crippen LogP) is 2.48. The van der Waals surface area contributed by atoms with Crippen molar-refractivity contribution in [2.24, 2.45) is 4.99 Å². The van der Waals surface area contributed by atoms with Crippen molar-refractivity contribution in [3.8, 4) is 5.75 Å². The Labute approximate surface area is 174 Å². The molecule has 2 aromatic heterocycles. The summed E-state index contributed by atoms with van der Waals surface area (Å²) in [4.78, 5) is 32.0. The van der Waals surface area contributed by atoms with Crippen LogP contribution in [0.1, 0.15) is 23.4 Å². The van der Waals surface area contributed by atoms with Gasteiger partial charge in [0.25, 0.3) is 5.56 Å². The smallest absolute Gasteiger partial charge is 0.338 e. The van der Waals surface area contributed by atoms with Crippen molar-refractivity contribution in [1.29, 1.82) is 0 Å². The number of esters is 1. The lowest BCUT2D eigenvalue weighted by molar-refractivity contribution is -0.136. The summed E-state index contributed by atoms with van der Waals surface area (Å²) in [5.41, 5.74) is 1.50. The highest BCUT2D eigenvalue weighted by molar-refractivity contribution is 7.11. The highest BCUT2D eigenvalue weighted by Gasteiger charge is 2.33. The molecular formula is C21H18N2O4S2. The number of allylic oxidation sites excluding steroid dienone is 1. The van der Waals surface area contributed by atoms with Crippen LogP contribution in [0.25, 0.3) is 6.08 Å². The Morgan fingerprint density at radius 3 is 2.59 bits per heavy atom. The van der Waals surface area contributed by atoms with E-state index in [9.17, 15) is 9.59 Å². The number of carbonyl (C=O) groups excluding carboxylic acids is 1. The van der Waals surface area contributed by atoms with Gasteiger partial charge >= 0.3 is 5.97 Å². The molecule has 0 radical (unpaired) electrons. The van der Waals surface area contributed by atoms with Crippen LogP contribution in [0, 0.1) is 0 Å². The summed E-state index contributed by atoms with van der Waals surface area (Å²) < 4.78 is 12.4. The van der Waals surface area contributed by atoms with E-state index in [-0.39, 0.29) is 5.56 Å². The Hall–Kier alpha value is -2.97. The molecule has 3 aromatic rings. The van der Waals surface area contributed by atoms with Gasteiger partial charge in [0.1, 0.15) is 5.75 Å². The van der Waals surface area contributed by atoms with Crippen LogP contribution in [0.5, 0.6) is 5.75 Å². The van der Waals surface area contributed by atoms with Crippen molar-refractivity contribution in [2.45, 2.75) is 13.0 Å². The minimum Gasteiger partial charge on any atom is -0.497 e. The van der Waals surface area contributed by atoms with Gasteiger partial charge in [-0.2, -0.15) is 0 Å². The average Bonchev–Trinajstić information content (AvgIpc) is 3.35. The molecule has 8 heteroatoms. The molecule has 29 heavy (non-hydrogen) atoms. The number of methoxy groups -OCH3 is 2.